The fourth-order valence-corrected chi connectivity index (χ4v) is 4.60. The molecule has 0 saturated carbocycles. The molecule has 0 bridgehead atoms. The Bertz CT molecular complexity index is 926. The molecule has 0 unspecified atom stereocenters. The molecule has 2 heterocycles. The molecule has 0 atom stereocenters. The van der Waals surface area contributed by atoms with E-state index < -0.39 is 0 Å². The van der Waals surface area contributed by atoms with Crippen molar-refractivity contribution in [2.45, 2.75) is 20.3 Å². The summed E-state index contributed by atoms with van der Waals surface area (Å²) in [7, 11) is 0. The number of aromatic nitrogens is 1. The highest BCUT2D eigenvalue weighted by atomic mass is 32.1. The summed E-state index contributed by atoms with van der Waals surface area (Å²) < 4.78 is 1.15. The Kier molecular flexibility index (Phi) is 3.98. The largest absolute Gasteiger partial charge is 0.370 e. The Morgan fingerprint density at radius 2 is 1.96 bits per heavy atom. The van der Waals surface area contributed by atoms with Gasteiger partial charge in [-0.1, -0.05) is 0 Å². The molecule has 4 nitrogen and oxygen atoms in total. The first-order valence-corrected chi connectivity index (χ1v) is 9.25. The van der Waals surface area contributed by atoms with Gasteiger partial charge in [0.05, 0.1) is 20.8 Å². The third-order valence-electron chi connectivity index (χ3n) is 4.64. The maximum absolute atomic E-state index is 11.8. The second kappa shape index (κ2) is 6.15. The lowest BCUT2D eigenvalue weighted by molar-refractivity contribution is 0.724. The van der Waals surface area contributed by atoms with Crippen LogP contribution in [-0.2, 0) is 0 Å². The Morgan fingerprint density at radius 3 is 2.83 bits per heavy atom. The first kappa shape index (κ1) is 15.5. The Hall–Kier alpha value is -1.98. The lowest BCUT2D eigenvalue weighted by atomic mass is 10.1. The number of rotatable bonds is 1. The van der Waals surface area contributed by atoms with E-state index in [4.69, 9.17) is 4.98 Å². The molecule has 0 radical (unpaired) electrons. The van der Waals surface area contributed by atoms with Crippen LogP contribution in [0.3, 0.4) is 0 Å². The van der Waals surface area contributed by atoms with E-state index in [1.165, 1.54) is 11.3 Å². The van der Waals surface area contributed by atoms with E-state index in [9.17, 15) is 4.79 Å². The quantitative estimate of drug-likeness (QED) is 0.692. The molecule has 0 aromatic heterocycles. The van der Waals surface area contributed by atoms with Crippen molar-refractivity contribution in [3.8, 4) is 10.6 Å². The molecule has 124 valence electrons. The summed E-state index contributed by atoms with van der Waals surface area (Å²) in [5.41, 5.74) is 5.47. The van der Waals surface area contributed by atoms with E-state index >= 15 is 0 Å². The minimum Gasteiger partial charge on any atom is -0.370 e. The topological polar surface area (TPSA) is 45.2 Å². The zero-order valence-corrected chi connectivity index (χ0v) is 14.9. The van der Waals surface area contributed by atoms with E-state index in [1.807, 2.05) is 6.92 Å². The second-order valence-electron chi connectivity index (χ2n) is 6.50. The van der Waals surface area contributed by atoms with Gasteiger partial charge in [-0.2, -0.15) is 0 Å². The summed E-state index contributed by atoms with van der Waals surface area (Å²) in [6, 6.07) is 7.85. The maximum Gasteiger partial charge on any atom is 0.180 e. The van der Waals surface area contributed by atoms with Crippen LogP contribution < -0.4 is 15.6 Å². The van der Waals surface area contributed by atoms with Crippen LogP contribution >= 0.6 is 11.3 Å². The molecule has 1 saturated heterocycles. The van der Waals surface area contributed by atoms with Gasteiger partial charge in [0.15, 0.2) is 5.43 Å². The van der Waals surface area contributed by atoms with Crippen molar-refractivity contribution in [3.05, 3.63) is 45.6 Å². The molecular weight excluding hydrogens is 318 g/mol. The van der Waals surface area contributed by atoms with Crippen LogP contribution in [0, 0.1) is 13.8 Å². The minimum absolute atomic E-state index is 0.0591. The van der Waals surface area contributed by atoms with Crippen LogP contribution in [0.4, 0.5) is 5.69 Å². The molecule has 1 N–H and O–H groups in total. The van der Waals surface area contributed by atoms with Crippen LogP contribution in [0.25, 0.3) is 20.8 Å². The first-order valence-electron chi connectivity index (χ1n) is 8.43. The van der Waals surface area contributed by atoms with Gasteiger partial charge in [0.1, 0.15) is 0 Å². The highest BCUT2D eigenvalue weighted by Gasteiger charge is 2.15. The number of anilines is 1. The van der Waals surface area contributed by atoms with Gasteiger partial charge in [0.2, 0.25) is 0 Å². The minimum atomic E-state index is 0.0591. The monoisotopic (exact) mass is 339 g/mol. The molecule has 1 aromatic carbocycles. The fourth-order valence-electron chi connectivity index (χ4n) is 3.40. The normalized spacial score (nSPS) is 15.8. The number of benzene rings is 2. The van der Waals surface area contributed by atoms with Crippen molar-refractivity contribution in [1.29, 1.82) is 0 Å². The standard InChI is InChI=1S/C19H21N3OS/c1-12-8-14(22-6-3-4-20-5-7-22)10-16-18(12)21-19-13(2)9-15(23)11-17(19)24-16/h8-11,20H,3-7H2,1-2H3. The van der Waals surface area contributed by atoms with Gasteiger partial charge in [0.25, 0.3) is 0 Å². The molecule has 1 fully saturated rings. The highest BCUT2D eigenvalue weighted by molar-refractivity contribution is 7.21. The van der Waals surface area contributed by atoms with E-state index in [-0.39, 0.29) is 5.43 Å². The van der Waals surface area contributed by atoms with E-state index in [1.54, 1.807) is 23.5 Å². The molecule has 3 aliphatic rings. The average molecular weight is 339 g/mol. The highest BCUT2D eigenvalue weighted by Crippen LogP contribution is 2.35. The molecular formula is C19H21N3OS. The SMILES string of the molecule is Cc1cc(=O)cc2sc3cc(N4CCCNCC4)cc(C)c3nc1-2. The fraction of sp³-hybridized carbons (Fsp3) is 0.368. The molecule has 0 spiro atoms. The van der Waals surface area contributed by atoms with Crippen molar-refractivity contribution in [2.75, 3.05) is 31.1 Å². The van der Waals surface area contributed by atoms with Gasteiger partial charge in [-0.05, 0) is 56.1 Å². The van der Waals surface area contributed by atoms with E-state index in [0.717, 1.165) is 59.0 Å². The molecule has 5 heteroatoms. The second-order valence-corrected chi connectivity index (χ2v) is 7.58. The Morgan fingerprint density at radius 1 is 1.08 bits per heavy atom. The third kappa shape index (κ3) is 2.78. The molecule has 0 amide bonds. The average Bonchev–Trinajstić information content (AvgIpc) is 2.82. The van der Waals surface area contributed by atoms with E-state index in [0.29, 0.717) is 0 Å². The number of nitrogens with one attached hydrogen (secondary N) is 1. The zero-order chi connectivity index (χ0) is 16.7. The predicted octanol–water partition coefficient (Wildman–Crippen LogP) is 3.18. The summed E-state index contributed by atoms with van der Waals surface area (Å²) in [5, 5.41) is 3.45. The predicted molar refractivity (Wildman–Crippen MR) is 102 cm³/mol. The number of fused-ring (bicyclic) bond motifs is 2. The van der Waals surface area contributed by atoms with Crippen LogP contribution in [0.2, 0.25) is 0 Å². The van der Waals surface area contributed by atoms with Crippen LogP contribution in [0.1, 0.15) is 17.5 Å². The number of hydrogen-bond acceptors (Lipinski definition) is 5. The maximum atomic E-state index is 11.8. The van der Waals surface area contributed by atoms with Crippen molar-refractivity contribution in [2.24, 2.45) is 0 Å². The van der Waals surface area contributed by atoms with E-state index in [2.05, 4.69) is 29.3 Å². The lowest BCUT2D eigenvalue weighted by Crippen LogP contribution is -2.27. The molecule has 1 aromatic rings. The van der Waals surface area contributed by atoms with Gasteiger partial charge in [-0.15, -0.1) is 11.3 Å². The number of hydrogen-bond donors (Lipinski definition) is 1. The summed E-state index contributed by atoms with van der Waals surface area (Å²) in [5.74, 6) is 0. The summed E-state index contributed by atoms with van der Waals surface area (Å²) >= 11 is 1.67. The number of nitrogens with zero attached hydrogens (tertiary/aromatic N) is 2. The third-order valence-corrected chi connectivity index (χ3v) is 5.70. The summed E-state index contributed by atoms with van der Waals surface area (Å²) in [6.45, 7) is 8.31. The van der Waals surface area contributed by atoms with Crippen molar-refractivity contribution in [3.63, 3.8) is 0 Å². The van der Waals surface area contributed by atoms with Crippen LogP contribution in [0.15, 0.2) is 29.1 Å². The summed E-state index contributed by atoms with van der Waals surface area (Å²) in [4.78, 5) is 20.1. The van der Waals surface area contributed by atoms with Gasteiger partial charge < -0.3 is 10.2 Å². The van der Waals surface area contributed by atoms with Gasteiger partial charge in [-0.25, -0.2) is 4.98 Å². The molecule has 24 heavy (non-hydrogen) atoms. The smallest absolute Gasteiger partial charge is 0.180 e. The number of aryl methyl sites for hydroxylation is 2. The molecule has 4 rings (SSSR count). The first-order chi connectivity index (χ1) is 11.6. The summed E-state index contributed by atoms with van der Waals surface area (Å²) in [6.07, 6.45) is 1.16. The Labute approximate surface area is 145 Å². The van der Waals surface area contributed by atoms with Crippen LogP contribution in [-0.4, -0.2) is 31.2 Å². The molecule has 1 aliphatic carbocycles. The Balaban J connectivity index is 1.89. The van der Waals surface area contributed by atoms with Gasteiger partial charge >= 0.3 is 0 Å². The van der Waals surface area contributed by atoms with Crippen LogP contribution in [0.5, 0.6) is 0 Å². The van der Waals surface area contributed by atoms with Crippen molar-refractivity contribution >= 4 is 27.2 Å². The van der Waals surface area contributed by atoms with Gasteiger partial charge in [-0.3, -0.25) is 4.79 Å². The lowest BCUT2D eigenvalue weighted by Gasteiger charge is -2.23. The van der Waals surface area contributed by atoms with Gasteiger partial charge in [0, 0.05) is 31.4 Å². The zero-order valence-electron chi connectivity index (χ0n) is 14.1. The van der Waals surface area contributed by atoms with Crippen molar-refractivity contribution < 1.29 is 0 Å². The molecule has 2 aliphatic heterocycles. The van der Waals surface area contributed by atoms with Crippen molar-refractivity contribution in [1.82, 2.24) is 10.3 Å².